The summed E-state index contributed by atoms with van der Waals surface area (Å²) in [6.07, 6.45) is -5.19. The molecule has 0 bridgehead atoms. The molecule has 144 valence electrons. The highest BCUT2D eigenvalue weighted by molar-refractivity contribution is 5.74. The number of nitro groups is 1. The number of aromatic nitrogens is 1. The van der Waals surface area contributed by atoms with Crippen molar-refractivity contribution in [2.45, 2.75) is 19.2 Å². The number of esters is 1. The Hall–Kier alpha value is -3.37. The highest BCUT2D eigenvalue weighted by Gasteiger charge is 2.34. The van der Waals surface area contributed by atoms with Crippen molar-refractivity contribution >= 4 is 11.7 Å². The molecular weight excluding hydrogens is 373 g/mol. The number of hydrogen-bond acceptors (Lipinski definition) is 7. The molecule has 0 fully saturated rings. The lowest BCUT2D eigenvalue weighted by molar-refractivity contribution is -0.386. The van der Waals surface area contributed by atoms with E-state index in [0.29, 0.717) is 12.3 Å². The van der Waals surface area contributed by atoms with Gasteiger partial charge in [0.15, 0.2) is 6.10 Å². The van der Waals surface area contributed by atoms with E-state index in [4.69, 9.17) is 9.47 Å². The Kier molecular flexibility index (Phi) is 5.83. The molecule has 1 unspecified atom stereocenters. The van der Waals surface area contributed by atoms with Crippen molar-refractivity contribution in [3.05, 3.63) is 52.2 Å². The lowest BCUT2D eigenvalue weighted by atomic mass is 10.2. The number of nitrogens with zero attached hydrogens (tertiary/aromatic N) is 2. The molecule has 2 aromatic rings. The van der Waals surface area contributed by atoms with Crippen LogP contribution < -0.4 is 9.47 Å². The zero-order chi connectivity index (χ0) is 20.2. The molecule has 27 heavy (non-hydrogen) atoms. The fourth-order valence-corrected chi connectivity index (χ4v) is 1.92. The minimum atomic E-state index is -4.77. The van der Waals surface area contributed by atoms with Crippen LogP contribution in [0.4, 0.5) is 18.9 Å². The third-order valence-electron chi connectivity index (χ3n) is 3.24. The predicted octanol–water partition coefficient (Wildman–Crippen LogP) is 3.74. The summed E-state index contributed by atoms with van der Waals surface area (Å²) in [7, 11) is 1.21. The van der Waals surface area contributed by atoms with Gasteiger partial charge in [-0.2, -0.15) is 13.2 Å². The van der Waals surface area contributed by atoms with Crippen molar-refractivity contribution in [1.29, 1.82) is 0 Å². The van der Waals surface area contributed by atoms with E-state index in [-0.39, 0.29) is 11.5 Å². The monoisotopic (exact) mass is 386 g/mol. The average Bonchev–Trinajstić information content (AvgIpc) is 2.61. The Morgan fingerprint density at radius 2 is 1.81 bits per heavy atom. The summed E-state index contributed by atoms with van der Waals surface area (Å²) in [4.78, 5) is 24.7. The van der Waals surface area contributed by atoms with Crippen LogP contribution in [-0.4, -0.2) is 29.1 Å². The van der Waals surface area contributed by atoms with Crippen molar-refractivity contribution in [2.75, 3.05) is 7.11 Å². The molecule has 1 atom stereocenters. The first-order valence-corrected chi connectivity index (χ1v) is 7.36. The van der Waals surface area contributed by atoms with E-state index in [1.54, 1.807) is 0 Å². The van der Waals surface area contributed by atoms with Gasteiger partial charge in [0.2, 0.25) is 0 Å². The van der Waals surface area contributed by atoms with Gasteiger partial charge >= 0.3 is 17.8 Å². The minimum Gasteiger partial charge on any atom is -0.479 e. The fraction of sp³-hybridized carbons (Fsp3) is 0.250. The summed E-state index contributed by atoms with van der Waals surface area (Å²) in [5.41, 5.74) is -2.19. The van der Waals surface area contributed by atoms with Crippen LogP contribution >= 0.6 is 0 Å². The molecule has 0 N–H and O–H groups in total. The van der Waals surface area contributed by atoms with Crippen molar-refractivity contribution < 1.29 is 37.1 Å². The number of benzene rings is 1. The average molecular weight is 386 g/mol. The van der Waals surface area contributed by atoms with Gasteiger partial charge in [0, 0.05) is 12.3 Å². The standard InChI is InChI=1S/C16H13F3N2O6/c1-9(15(22)25-2)26-11-3-5-12(6-4-11)27-14-13(21(23)24)7-10(8-20-14)16(17,18)19/h3-9H,1-2H3. The van der Waals surface area contributed by atoms with Gasteiger partial charge in [0.05, 0.1) is 17.6 Å². The topological polar surface area (TPSA) is 101 Å². The Morgan fingerprint density at radius 3 is 2.33 bits per heavy atom. The summed E-state index contributed by atoms with van der Waals surface area (Å²) in [5, 5.41) is 11.0. The molecule has 0 aliphatic heterocycles. The molecule has 8 nitrogen and oxygen atoms in total. The second-order valence-electron chi connectivity index (χ2n) is 5.16. The molecule has 0 aliphatic rings. The lowest BCUT2D eigenvalue weighted by Gasteiger charge is -2.13. The minimum absolute atomic E-state index is 0.0726. The molecule has 0 saturated carbocycles. The van der Waals surface area contributed by atoms with E-state index in [1.165, 1.54) is 38.3 Å². The summed E-state index contributed by atoms with van der Waals surface area (Å²) in [5.74, 6) is -0.817. The van der Waals surface area contributed by atoms with Crippen LogP contribution in [0.25, 0.3) is 0 Å². The van der Waals surface area contributed by atoms with Crippen LogP contribution in [0, 0.1) is 10.1 Å². The number of pyridine rings is 1. The van der Waals surface area contributed by atoms with E-state index in [9.17, 15) is 28.1 Å². The van der Waals surface area contributed by atoms with Gasteiger partial charge in [0.25, 0.3) is 5.88 Å². The number of rotatable bonds is 6. The zero-order valence-corrected chi connectivity index (χ0v) is 14.0. The maximum Gasteiger partial charge on any atom is 0.418 e. The van der Waals surface area contributed by atoms with Crippen molar-refractivity contribution in [3.8, 4) is 17.4 Å². The van der Waals surface area contributed by atoms with Gasteiger partial charge in [-0.05, 0) is 31.2 Å². The Bertz CT molecular complexity index is 839. The number of ether oxygens (including phenoxy) is 3. The predicted molar refractivity (Wildman–Crippen MR) is 84.5 cm³/mol. The van der Waals surface area contributed by atoms with Gasteiger partial charge in [-0.25, -0.2) is 9.78 Å². The SMILES string of the molecule is COC(=O)C(C)Oc1ccc(Oc2ncc(C(F)(F)F)cc2[N+](=O)[O-])cc1. The first-order valence-electron chi connectivity index (χ1n) is 7.36. The highest BCUT2D eigenvalue weighted by atomic mass is 19.4. The van der Waals surface area contributed by atoms with E-state index < -0.39 is 40.3 Å². The van der Waals surface area contributed by atoms with Crippen molar-refractivity contribution in [2.24, 2.45) is 0 Å². The third-order valence-corrected chi connectivity index (χ3v) is 3.24. The van der Waals surface area contributed by atoms with Gasteiger partial charge < -0.3 is 14.2 Å². The largest absolute Gasteiger partial charge is 0.479 e. The summed E-state index contributed by atoms with van der Waals surface area (Å²) < 4.78 is 53.0. The maximum absolute atomic E-state index is 12.7. The van der Waals surface area contributed by atoms with Crippen LogP contribution in [-0.2, 0) is 15.7 Å². The Balaban J connectivity index is 2.19. The van der Waals surface area contributed by atoms with Crippen LogP contribution in [0.3, 0.4) is 0 Å². The van der Waals surface area contributed by atoms with Crippen LogP contribution in [0.2, 0.25) is 0 Å². The van der Waals surface area contributed by atoms with Crippen LogP contribution in [0.1, 0.15) is 12.5 Å². The number of hydrogen-bond donors (Lipinski definition) is 0. The van der Waals surface area contributed by atoms with Gasteiger partial charge in [-0.3, -0.25) is 10.1 Å². The number of carbonyl (C=O) groups is 1. The fourth-order valence-electron chi connectivity index (χ4n) is 1.92. The van der Waals surface area contributed by atoms with Crippen molar-refractivity contribution in [1.82, 2.24) is 4.98 Å². The smallest absolute Gasteiger partial charge is 0.418 e. The molecule has 0 radical (unpaired) electrons. The second-order valence-corrected chi connectivity index (χ2v) is 5.16. The van der Waals surface area contributed by atoms with E-state index in [1.807, 2.05) is 0 Å². The van der Waals surface area contributed by atoms with Crippen LogP contribution in [0.15, 0.2) is 36.5 Å². The number of carbonyl (C=O) groups excluding carboxylic acids is 1. The van der Waals surface area contributed by atoms with Gasteiger partial charge in [-0.1, -0.05) is 0 Å². The first kappa shape index (κ1) is 19.9. The lowest BCUT2D eigenvalue weighted by Crippen LogP contribution is -2.24. The molecule has 0 aliphatic carbocycles. The molecule has 1 heterocycles. The molecule has 0 spiro atoms. The van der Waals surface area contributed by atoms with Gasteiger partial charge in [-0.15, -0.1) is 0 Å². The van der Waals surface area contributed by atoms with Crippen molar-refractivity contribution in [3.63, 3.8) is 0 Å². The second kappa shape index (κ2) is 7.89. The van der Waals surface area contributed by atoms with Crippen LogP contribution in [0.5, 0.6) is 17.4 Å². The number of halogens is 3. The Morgan fingerprint density at radius 1 is 1.22 bits per heavy atom. The summed E-state index contributed by atoms with van der Waals surface area (Å²) in [6.45, 7) is 1.48. The quantitative estimate of drug-likeness (QED) is 0.423. The summed E-state index contributed by atoms with van der Waals surface area (Å²) in [6, 6.07) is 5.86. The number of alkyl halides is 3. The van der Waals surface area contributed by atoms with E-state index in [2.05, 4.69) is 9.72 Å². The third kappa shape index (κ3) is 5.06. The normalized spacial score (nSPS) is 12.2. The summed E-state index contributed by atoms with van der Waals surface area (Å²) >= 11 is 0. The highest BCUT2D eigenvalue weighted by Crippen LogP contribution is 2.36. The number of methoxy groups -OCH3 is 1. The molecule has 2 rings (SSSR count). The maximum atomic E-state index is 12.7. The molecule has 0 amide bonds. The molecule has 11 heteroatoms. The molecular formula is C16H13F3N2O6. The van der Waals surface area contributed by atoms with E-state index in [0.717, 1.165) is 0 Å². The molecule has 1 aromatic carbocycles. The molecule has 0 saturated heterocycles. The molecule has 1 aromatic heterocycles. The first-order chi connectivity index (χ1) is 12.6. The van der Waals surface area contributed by atoms with Gasteiger partial charge in [0.1, 0.15) is 11.5 Å². The Labute approximate surface area is 150 Å². The van der Waals surface area contributed by atoms with E-state index >= 15 is 0 Å². The zero-order valence-electron chi connectivity index (χ0n) is 14.0.